The third-order valence-corrected chi connectivity index (χ3v) is 4.75. The summed E-state index contributed by atoms with van der Waals surface area (Å²) in [5.74, 6) is 2.39. The van der Waals surface area contributed by atoms with Crippen molar-refractivity contribution in [3.8, 4) is 40.6 Å². The molecule has 0 radical (unpaired) electrons. The van der Waals surface area contributed by atoms with E-state index >= 15 is 0 Å². The van der Waals surface area contributed by atoms with Gasteiger partial charge in [-0.15, -0.1) is 0 Å². The highest BCUT2D eigenvalue weighted by atomic mass is 16.7. The summed E-state index contributed by atoms with van der Waals surface area (Å²) in [6, 6.07) is 9.27. The molecule has 2 aromatic rings. The number of allylic oxidation sites excluding steroid dienone is 1. The molecule has 0 aliphatic carbocycles. The summed E-state index contributed by atoms with van der Waals surface area (Å²) in [6.45, 7) is 0.0517. The fourth-order valence-corrected chi connectivity index (χ4v) is 3.49. The third kappa shape index (κ3) is 2.52. The van der Waals surface area contributed by atoms with Crippen LogP contribution in [0.15, 0.2) is 35.7 Å². The SMILES string of the molecule is COc1ccc2c(c1)OC(N)=C(C#N)[C@@H]2c1cc(OC)c2c(c1OC)OCO2. The van der Waals surface area contributed by atoms with Gasteiger partial charge in [-0.2, -0.15) is 5.26 Å². The summed E-state index contributed by atoms with van der Waals surface area (Å²) < 4.78 is 33.2. The van der Waals surface area contributed by atoms with Crippen molar-refractivity contribution in [1.82, 2.24) is 0 Å². The van der Waals surface area contributed by atoms with E-state index < -0.39 is 5.92 Å². The molecule has 2 N–H and O–H groups in total. The van der Waals surface area contributed by atoms with Crippen LogP contribution >= 0.6 is 0 Å². The van der Waals surface area contributed by atoms with E-state index in [1.807, 2.05) is 6.07 Å². The molecule has 8 heteroatoms. The van der Waals surface area contributed by atoms with Gasteiger partial charge < -0.3 is 34.2 Å². The van der Waals surface area contributed by atoms with E-state index in [0.717, 1.165) is 5.56 Å². The van der Waals surface area contributed by atoms with Crippen LogP contribution < -0.4 is 34.2 Å². The lowest BCUT2D eigenvalue weighted by atomic mass is 9.82. The molecule has 0 amide bonds. The normalized spacial score (nSPS) is 16.7. The Morgan fingerprint density at radius 2 is 1.82 bits per heavy atom. The van der Waals surface area contributed by atoms with Crippen LogP contribution in [0.2, 0.25) is 0 Å². The van der Waals surface area contributed by atoms with Crippen LogP contribution in [0.1, 0.15) is 17.0 Å². The molecule has 0 aromatic heterocycles. The van der Waals surface area contributed by atoms with Crippen molar-refractivity contribution in [2.24, 2.45) is 5.73 Å². The summed E-state index contributed by atoms with van der Waals surface area (Å²) >= 11 is 0. The van der Waals surface area contributed by atoms with E-state index in [4.69, 9.17) is 34.2 Å². The quantitative estimate of drug-likeness (QED) is 0.860. The van der Waals surface area contributed by atoms with Crippen molar-refractivity contribution in [1.29, 1.82) is 5.26 Å². The molecule has 0 bridgehead atoms. The molecule has 2 heterocycles. The second-order valence-corrected chi connectivity index (χ2v) is 6.09. The largest absolute Gasteiger partial charge is 0.497 e. The maximum absolute atomic E-state index is 9.78. The Labute approximate surface area is 161 Å². The lowest BCUT2D eigenvalue weighted by molar-refractivity contribution is 0.168. The van der Waals surface area contributed by atoms with Gasteiger partial charge in [-0.05, 0) is 12.1 Å². The molecular formula is C20H18N2O6. The van der Waals surface area contributed by atoms with Crippen molar-refractivity contribution < 1.29 is 28.4 Å². The fraction of sp³-hybridized carbons (Fsp3) is 0.250. The van der Waals surface area contributed by atoms with Gasteiger partial charge >= 0.3 is 0 Å². The first-order valence-corrected chi connectivity index (χ1v) is 8.42. The number of benzene rings is 2. The van der Waals surface area contributed by atoms with E-state index in [2.05, 4.69) is 6.07 Å². The predicted molar refractivity (Wildman–Crippen MR) is 98.0 cm³/mol. The third-order valence-electron chi connectivity index (χ3n) is 4.75. The van der Waals surface area contributed by atoms with Crippen molar-refractivity contribution in [3.63, 3.8) is 0 Å². The molecule has 0 saturated heterocycles. The number of nitriles is 1. The zero-order chi connectivity index (χ0) is 19.8. The number of fused-ring (bicyclic) bond motifs is 2. The summed E-state index contributed by atoms with van der Waals surface area (Å²) in [5, 5.41) is 9.78. The average molecular weight is 382 g/mol. The topological polar surface area (TPSA) is 105 Å². The zero-order valence-corrected chi connectivity index (χ0v) is 15.6. The van der Waals surface area contributed by atoms with Gasteiger partial charge in [0.2, 0.25) is 24.2 Å². The van der Waals surface area contributed by atoms with Crippen LogP contribution in [0.3, 0.4) is 0 Å². The minimum Gasteiger partial charge on any atom is -0.497 e. The molecule has 1 atom stereocenters. The van der Waals surface area contributed by atoms with E-state index in [1.54, 1.807) is 25.3 Å². The predicted octanol–water partition coefficient (Wildman–Crippen LogP) is 2.66. The number of nitrogens with two attached hydrogens (primary N) is 1. The molecule has 4 rings (SSSR count). The van der Waals surface area contributed by atoms with Crippen molar-refractivity contribution in [2.75, 3.05) is 28.1 Å². The van der Waals surface area contributed by atoms with E-state index in [1.165, 1.54) is 14.2 Å². The number of methoxy groups -OCH3 is 3. The Bertz CT molecular complexity index is 1020. The summed E-state index contributed by atoms with van der Waals surface area (Å²) in [4.78, 5) is 0. The monoisotopic (exact) mass is 382 g/mol. The first-order chi connectivity index (χ1) is 13.6. The van der Waals surface area contributed by atoms with Crippen LogP contribution in [0.25, 0.3) is 0 Å². The molecule has 0 spiro atoms. The van der Waals surface area contributed by atoms with Crippen LogP contribution in [0.4, 0.5) is 0 Å². The molecule has 28 heavy (non-hydrogen) atoms. The average Bonchev–Trinajstić information content (AvgIpc) is 3.20. The Kier molecular flexibility index (Phi) is 4.28. The summed E-state index contributed by atoms with van der Waals surface area (Å²) in [5.41, 5.74) is 7.72. The number of nitrogens with zero attached hydrogens (tertiary/aromatic N) is 1. The molecule has 0 saturated carbocycles. The van der Waals surface area contributed by atoms with Gasteiger partial charge in [0.15, 0.2) is 11.5 Å². The number of hydrogen-bond acceptors (Lipinski definition) is 8. The van der Waals surface area contributed by atoms with Crippen molar-refractivity contribution in [3.05, 3.63) is 46.8 Å². The molecule has 2 aliphatic heterocycles. The van der Waals surface area contributed by atoms with Gasteiger partial charge in [0.05, 0.1) is 27.2 Å². The van der Waals surface area contributed by atoms with Crippen LogP contribution in [-0.4, -0.2) is 28.1 Å². The van der Waals surface area contributed by atoms with E-state index in [-0.39, 0.29) is 18.2 Å². The number of ether oxygens (including phenoxy) is 6. The standard InChI is InChI=1S/C20H18N2O6/c1-23-10-4-5-11-14(6-10)28-20(22)13(8-21)16(11)12-7-15(24-2)18-19(17(12)25-3)27-9-26-18/h4-7,16H,9,22H2,1-3H3/t16-/m0/s1. The van der Waals surface area contributed by atoms with Gasteiger partial charge in [-0.3, -0.25) is 0 Å². The highest BCUT2D eigenvalue weighted by Gasteiger charge is 2.37. The summed E-state index contributed by atoms with van der Waals surface area (Å²) in [6.07, 6.45) is 0. The molecule has 0 fully saturated rings. The maximum atomic E-state index is 9.78. The smallest absolute Gasteiger partial charge is 0.231 e. The Balaban J connectivity index is 1.99. The highest BCUT2D eigenvalue weighted by molar-refractivity contribution is 5.69. The van der Waals surface area contributed by atoms with Crippen LogP contribution in [-0.2, 0) is 0 Å². The number of hydrogen-bond donors (Lipinski definition) is 1. The second kappa shape index (κ2) is 6.78. The first-order valence-electron chi connectivity index (χ1n) is 8.42. The molecule has 0 unspecified atom stereocenters. The second-order valence-electron chi connectivity index (χ2n) is 6.09. The molecule has 2 aliphatic rings. The van der Waals surface area contributed by atoms with Gasteiger partial charge in [0.1, 0.15) is 23.1 Å². The van der Waals surface area contributed by atoms with E-state index in [9.17, 15) is 5.26 Å². The molecule has 144 valence electrons. The Hall–Kier alpha value is -3.73. The minimum absolute atomic E-state index is 0.0203. The number of rotatable bonds is 4. The van der Waals surface area contributed by atoms with Gasteiger partial charge in [0.25, 0.3) is 0 Å². The first kappa shape index (κ1) is 17.7. The molecule has 2 aromatic carbocycles. The van der Waals surface area contributed by atoms with Crippen LogP contribution in [0, 0.1) is 11.3 Å². The maximum Gasteiger partial charge on any atom is 0.231 e. The molecular weight excluding hydrogens is 364 g/mol. The van der Waals surface area contributed by atoms with Crippen molar-refractivity contribution >= 4 is 0 Å². The van der Waals surface area contributed by atoms with Gasteiger partial charge in [0, 0.05) is 17.2 Å². The fourth-order valence-electron chi connectivity index (χ4n) is 3.49. The minimum atomic E-state index is -0.544. The van der Waals surface area contributed by atoms with Crippen molar-refractivity contribution in [2.45, 2.75) is 5.92 Å². The van der Waals surface area contributed by atoms with E-state index in [0.29, 0.717) is 40.1 Å². The zero-order valence-electron chi connectivity index (χ0n) is 15.6. The highest BCUT2D eigenvalue weighted by Crippen LogP contribution is 2.55. The molecule has 8 nitrogen and oxygen atoms in total. The van der Waals surface area contributed by atoms with Gasteiger partial charge in [-0.25, -0.2) is 0 Å². The lowest BCUT2D eigenvalue weighted by Gasteiger charge is -2.28. The Morgan fingerprint density at radius 3 is 2.50 bits per heavy atom. The van der Waals surface area contributed by atoms with Crippen LogP contribution in [0.5, 0.6) is 34.5 Å². The Morgan fingerprint density at radius 1 is 1.04 bits per heavy atom. The van der Waals surface area contributed by atoms with Gasteiger partial charge in [-0.1, -0.05) is 6.07 Å². The lowest BCUT2D eigenvalue weighted by Crippen LogP contribution is -2.21. The summed E-state index contributed by atoms with van der Waals surface area (Å²) in [7, 11) is 4.63.